The van der Waals surface area contributed by atoms with Crippen molar-refractivity contribution < 1.29 is 19.5 Å². The van der Waals surface area contributed by atoms with Crippen LogP contribution in [-0.4, -0.2) is 49.2 Å². The summed E-state index contributed by atoms with van der Waals surface area (Å²) in [6.07, 6.45) is 4.05. The van der Waals surface area contributed by atoms with Gasteiger partial charge >= 0.3 is 67.0 Å². The minimum atomic E-state index is -2.18. The number of thioether (sulfide) groups is 1. The number of hydrogen-bond acceptors (Lipinski definition) is 2. The molecule has 178 valence electrons. The molecule has 2 rings (SSSR count). The first-order valence-corrected chi connectivity index (χ1v) is 18.3. The molecule has 2 aromatic carbocycles. The monoisotopic (exact) mass is 607 g/mol. The van der Waals surface area contributed by atoms with Gasteiger partial charge in [0.1, 0.15) is 0 Å². The van der Waals surface area contributed by atoms with Crippen LogP contribution < -0.4 is 15.9 Å². The Kier molecular flexibility index (Phi) is 17.7. The third-order valence-electron chi connectivity index (χ3n) is 5.33. The van der Waals surface area contributed by atoms with Gasteiger partial charge < -0.3 is 5.32 Å². The number of hydrogen-bond donors (Lipinski definition) is 1. The molecule has 0 aliphatic heterocycles. The van der Waals surface area contributed by atoms with E-state index in [1.807, 2.05) is 11.8 Å². The van der Waals surface area contributed by atoms with Gasteiger partial charge in [-0.3, -0.25) is 0 Å². The molecule has 0 bridgehead atoms. The van der Waals surface area contributed by atoms with Gasteiger partial charge in [-0.25, -0.2) is 0 Å². The molecule has 0 atom stereocenters. The fourth-order valence-electron chi connectivity index (χ4n) is 2.90. The van der Waals surface area contributed by atoms with Gasteiger partial charge in [-0.1, -0.05) is 67.6 Å². The molecule has 0 heterocycles. The summed E-state index contributed by atoms with van der Waals surface area (Å²) in [7, 11) is -0.245. The first-order chi connectivity index (χ1) is 14.4. The maximum atomic E-state index is 6.24. The van der Waals surface area contributed by atoms with Crippen molar-refractivity contribution in [3.8, 4) is 0 Å². The van der Waals surface area contributed by atoms with Gasteiger partial charge in [0.05, 0.1) is 0 Å². The molecular formula is C24H39Cl2NP2RuS. The summed E-state index contributed by atoms with van der Waals surface area (Å²) >= 11 is 14.5. The number of nitrogens with one attached hydrogen (secondary N) is 1. The molecule has 0 saturated carbocycles. The normalized spacial score (nSPS) is 12.3. The van der Waals surface area contributed by atoms with Crippen molar-refractivity contribution in [2.24, 2.45) is 0 Å². The van der Waals surface area contributed by atoms with Crippen LogP contribution >= 0.6 is 47.5 Å². The van der Waals surface area contributed by atoms with Crippen molar-refractivity contribution in [2.75, 3.05) is 49.2 Å². The van der Waals surface area contributed by atoms with Gasteiger partial charge in [-0.05, 0) is 37.0 Å². The van der Waals surface area contributed by atoms with Crippen molar-refractivity contribution in [3.05, 3.63) is 60.7 Å². The molecule has 1 N–H and O–H groups in total. The Morgan fingerprint density at radius 3 is 1.58 bits per heavy atom. The Morgan fingerprint density at radius 2 is 1.23 bits per heavy atom. The van der Waals surface area contributed by atoms with Gasteiger partial charge in [0.15, 0.2) is 0 Å². The SMILES string of the molecule is CCP(Cl)(Cl)(CC)CC.CCSCCNCCP(c1ccccc1)c1ccccc1.[Ru]. The van der Waals surface area contributed by atoms with Crippen LogP contribution in [0.5, 0.6) is 0 Å². The Morgan fingerprint density at radius 1 is 0.774 bits per heavy atom. The Balaban J connectivity index is 0.000000769. The van der Waals surface area contributed by atoms with E-state index in [1.54, 1.807) is 0 Å². The summed E-state index contributed by atoms with van der Waals surface area (Å²) in [5, 5.41) is 4.35. The second-order valence-electron chi connectivity index (χ2n) is 7.17. The number of halogens is 2. The Labute approximate surface area is 219 Å². The van der Waals surface area contributed by atoms with Crippen LogP contribution in [0, 0.1) is 0 Å². The van der Waals surface area contributed by atoms with Crippen LogP contribution in [0.25, 0.3) is 0 Å². The van der Waals surface area contributed by atoms with Gasteiger partial charge in [0.25, 0.3) is 0 Å². The Bertz CT molecular complexity index is 634. The molecule has 0 radical (unpaired) electrons. The summed E-state index contributed by atoms with van der Waals surface area (Å²) < 4.78 is 0. The molecule has 0 saturated heterocycles. The zero-order valence-electron chi connectivity index (χ0n) is 19.3. The predicted molar refractivity (Wildman–Crippen MR) is 150 cm³/mol. The number of rotatable bonds is 12. The largest absolute Gasteiger partial charge is 0.316 e. The summed E-state index contributed by atoms with van der Waals surface area (Å²) in [6.45, 7) is 10.7. The zero-order valence-corrected chi connectivity index (χ0v) is 25.2. The van der Waals surface area contributed by atoms with Crippen LogP contribution in [0.2, 0.25) is 0 Å². The van der Waals surface area contributed by atoms with E-state index in [-0.39, 0.29) is 27.4 Å². The summed E-state index contributed by atoms with van der Waals surface area (Å²) in [5.74, 6) is 2.42. The van der Waals surface area contributed by atoms with E-state index < -0.39 is 5.31 Å². The van der Waals surface area contributed by atoms with Gasteiger partial charge in [-0.15, -0.1) is 0 Å². The molecule has 0 aliphatic carbocycles. The molecule has 0 unspecified atom stereocenters. The molecule has 0 spiro atoms. The average Bonchev–Trinajstić information content (AvgIpc) is 2.80. The van der Waals surface area contributed by atoms with Crippen LogP contribution in [0.15, 0.2) is 60.7 Å². The minimum absolute atomic E-state index is 0. The number of benzene rings is 2. The van der Waals surface area contributed by atoms with E-state index in [1.165, 1.54) is 28.3 Å². The Hall–Kier alpha value is 0.813. The van der Waals surface area contributed by atoms with Crippen molar-refractivity contribution in [2.45, 2.75) is 27.7 Å². The van der Waals surface area contributed by atoms with Crippen molar-refractivity contribution in [3.63, 3.8) is 0 Å². The van der Waals surface area contributed by atoms with Gasteiger partial charge in [0.2, 0.25) is 0 Å². The van der Waals surface area contributed by atoms with E-state index in [2.05, 4.69) is 93.7 Å². The molecule has 7 heteroatoms. The minimum Gasteiger partial charge on any atom is -0.316 e. The van der Waals surface area contributed by atoms with Crippen molar-refractivity contribution >= 4 is 58.1 Å². The van der Waals surface area contributed by atoms with Gasteiger partial charge in [0, 0.05) is 31.8 Å². The maximum Gasteiger partial charge on any atom is 0.00580 e. The second kappa shape index (κ2) is 17.3. The molecule has 0 aromatic heterocycles. The third-order valence-corrected chi connectivity index (χ3v) is 17.2. The molecule has 0 aliphatic rings. The fraction of sp³-hybridized carbons (Fsp3) is 0.500. The van der Waals surface area contributed by atoms with E-state index in [4.69, 9.17) is 22.5 Å². The van der Waals surface area contributed by atoms with E-state index >= 15 is 0 Å². The first-order valence-electron chi connectivity index (χ1n) is 11.0. The van der Waals surface area contributed by atoms with Crippen LogP contribution in [0.4, 0.5) is 0 Å². The predicted octanol–water partition coefficient (Wildman–Crippen LogP) is 7.37. The molecule has 2 aromatic rings. The smallest absolute Gasteiger partial charge is 0.00580 e. The van der Waals surface area contributed by atoms with E-state index in [0.29, 0.717) is 0 Å². The first kappa shape index (κ1) is 31.8. The molecular weight excluding hydrogens is 568 g/mol. The standard InChI is InChI=1S/C18H24NPS.C6H15Cl2P.Ru/c1-2-21-16-14-19-13-15-20(17-9-5-3-6-10-17)18-11-7-4-8-12-18;1-4-9(7,8,5-2)6-3;/h3-12,19H,2,13-16H2,1H3;4-6H2,1-3H3;. The second-order valence-corrected chi connectivity index (χ2v) is 21.5. The average molecular weight is 608 g/mol. The molecule has 31 heavy (non-hydrogen) atoms. The van der Waals surface area contributed by atoms with Crippen molar-refractivity contribution in [1.82, 2.24) is 5.32 Å². The molecule has 1 nitrogen and oxygen atoms in total. The summed E-state index contributed by atoms with van der Waals surface area (Å²) in [6, 6.07) is 21.9. The maximum absolute atomic E-state index is 6.24. The fourth-order valence-corrected chi connectivity index (χ4v) is 7.08. The van der Waals surface area contributed by atoms with Crippen LogP contribution in [-0.2, 0) is 19.5 Å². The summed E-state index contributed by atoms with van der Waals surface area (Å²) in [4.78, 5) is 0. The van der Waals surface area contributed by atoms with E-state index in [9.17, 15) is 0 Å². The van der Waals surface area contributed by atoms with Crippen LogP contribution in [0.3, 0.4) is 0 Å². The topological polar surface area (TPSA) is 12.0 Å². The molecule has 0 amide bonds. The third kappa shape index (κ3) is 12.7. The van der Waals surface area contributed by atoms with Crippen LogP contribution in [0.1, 0.15) is 27.7 Å². The zero-order chi connectivity index (χ0) is 22.3. The van der Waals surface area contributed by atoms with E-state index in [0.717, 1.165) is 31.6 Å². The summed E-state index contributed by atoms with van der Waals surface area (Å²) in [5.41, 5.74) is 0. The molecule has 0 fully saturated rings. The van der Waals surface area contributed by atoms with Crippen molar-refractivity contribution in [1.29, 1.82) is 0 Å². The van der Waals surface area contributed by atoms with Gasteiger partial charge in [-0.2, -0.15) is 11.8 Å². The quantitative estimate of drug-likeness (QED) is 0.154.